The van der Waals surface area contributed by atoms with Gasteiger partial charge in [-0.1, -0.05) is 35.3 Å². The van der Waals surface area contributed by atoms with E-state index in [1.54, 1.807) is 0 Å². The number of aliphatic hydroxyl groups excluding tert-OH is 1. The van der Waals surface area contributed by atoms with Crippen molar-refractivity contribution in [2.24, 2.45) is 0 Å². The molecule has 0 radical (unpaired) electrons. The van der Waals surface area contributed by atoms with Crippen LogP contribution in [0.4, 0.5) is 13.2 Å². The molecule has 128 valence electrons. The Bertz CT molecular complexity index is 713. The van der Waals surface area contributed by atoms with Gasteiger partial charge >= 0.3 is 6.18 Å². The molecule has 0 bridgehead atoms. The predicted octanol–water partition coefficient (Wildman–Crippen LogP) is 4.48. The third-order valence-corrected chi connectivity index (χ3v) is 3.64. The molecule has 24 heavy (non-hydrogen) atoms. The maximum atomic E-state index is 12.5. The predicted molar refractivity (Wildman–Crippen MR) is 85.2 cm³/mol. The molecule has 1 amide bonds. The van der Waals surface area contributed by atoms with Gasteiger partial charge in [0.05, 0.1) is 11.7 Å². The Balaban J connectivity index is 1.99. The number of nitrogens with one attached hydrogen (secondary N) is 1. The Morgan fingerprint density at radius 2 is 1.62 bits per heavy atom. The van der Waals surface area contributed by atoms with Crippen molar-refractivity contribution in [1.82, 2.24) is 5.32 Å². The zero-order chi connectivity index (χ0) is 17.9. The summed E-state index contributed by atoms with van der Waals surface area (Å²) >= 11 is 11.6. The van der Waals surface area contributed by atoms with Crippen molar-refractivity contribution < 1.29 is 23.1 Å². The first-order valence-electron chi connectivity index (χ1n) is 6.76. The van der Waals surface area contributed by atoms with E-state index >= 15 is 0 Å². The van der Waals surface area contributed by atoms with Crippen LogP contribution < -0.4 is 5.32 Å². The van der Waals surface area contributed by atoms with Gasteiger partial charge in [-0.05, 0) is 35.9 Å². The number of hydrogen-bond donors (Lipinski definition) is 2. The molecule has 0 aliphatic heterocycles. The number of alkyl halides is 3. The number of aliphatic hydroxyl groups is 1. The minimum Gasteiger partial charge on any atom is -0.387 e. The number of carbonyl (C=O) groups is 1. The first kappa shape index (κ1) is 18.6. The van der Waals surface area contributed by atoms with Crippen LogP contribution in [0, 0.1) is 0 Å². The minimum atomic E-state index is -4.44. The highest BCUT2D eigenvalue weighted by Crippen LogP contribution is 2.29. The normalized spacial score (nSPS) is 12.8. The molecule has 2 rings (SSSR count). The lowest BCUT2D eigenvalue weighted by Gasteiger charge is -2.14. The van der Waals surface area contributed by atoms with E-state index in [-0.39, 0.29) is 27.7 Å². The molecular weight excluding hydrogens is 366 g/mol. The van der Waals surface area contributed by atoms with Gasteiger partial charge in [0.25, 0.3) is 5.91 Å². The molecule has 0 saturated heterocycles. The molecule has 1 atom stereocenters. The number of halogens is 5. The van der Waals surface area contributed by atoms with Crippen molar-refractivity contribution in [2.75, 3.05) is 6.54 Å². The number of amides is 1. The molecule has 0 fully saturated rings. The summed E-state index contributed by atoms with van der Waals surface area (Å²) in [6.45, 7) is -0.172. The van der Waals surface area contributed by atoms with Gasteiger partial charge in [-0.2, -0.15) is 13.2 Å². The van der Waals surface area contributed by atoms with Crippen molar-refractivity contribution in [3.05, 3.63) is 69.2 Å². The molecule has 0 spiro atoms. The molecule has 2 N–H and O–H groups in total. The molecule has 2 aromatic rings. The number of hydrogen-bond acceptors (Lipinski definition) is 2. The van der Waals surface area contributed by atoms with Crippen LogP contribution in [0.3, 0.4) is 0 Å². The monoisotopic (exact) mass is 377 g/mol. The van der Waals surface area contributed by atoms with Crippen molar-refractivity contribution in [2.45, 2.75) is 12.3 Å². The fourth-order valence-electron chi connectivity index (χ4n) is 1.99. The van der Waals surface area contributed by atoms with Crippen LogP contribution in [-0.2, 0) is 6.18 Å². The molecule has 0 aliphatic carbocycles. The highest BCUT2D eigenvalue weighted by atomic mass is 35.5. The van der Waals surface area contributed by atoms with E-state index in [1.807, 2.05) is 0 Å². The molecule has 3 nitrogen and oxygen atoms in total. The van der Waals surface area contributed by atoms with Crippen molar-refractivity contribution in [1.29, 1.82) is 0 Å². The summed E-state index contributed by atoms with van der Waals surface area (Å²) in [6.07, 6.45) is -5.59. The maximum absolute atomic E-state index is 12.5. The largest absolute Gasteiger partial charge is 0.416 e. The summed E-state index contributed by atoms with van der Waals surface area (Å²) in [4.78, 5) is 12.0. The fourth-order valence-corrected chi connectivity index (χ4v) is 2.51. The smallest absolute Gasteiger partial charge is 0.387 e. The second kappa shape index (κ2) is 7.42. The van der Waals surface area contributed by atoms with Crippen molar-refractivity contribution >= 4 is 29.1 Å². The quantitative estimate of drug-likeness (QED) is 0.825. The van der Waals surface area contributed by atoms with Crippen LogP contribution in [0.2, 0.25) is 10.0 Å². The van der Waals surface area contributed by atoms with Crippen LogP contribution in [0.25, 0.3) is 0 Å². The molecule has 0 aliphatic rings. The standard InChI is InChI=1S/C16H12Cl2F3NO2/c17-12-5-10(6-13(18)7-12)15(24)22-8-14(23)9-1-3-11(4-2-9)16(19,20)21/h1-7,14,23H,8H2,(H,22,24). The van der Waals surface area contributed by atoms with E-state index in [4.69, 9.17) is 23.2 Å². The Hall–Kier alpha value is -1.76. The Morgan fingerprint density at radius 3 is 2.12 bits per heavy atom. The van der Waals surface area contributed by atoms with Gasteiger partial charge in [0, 0.05) is 22.2 Å². The second-order valence-corrected chi connectivity index (χ2v) is 5.88. The lowest BCUT2D eigenvalue weighted by molar-refractivity contribution is -0.137. The highest BCUT2D eigenvalue weighted by molar-refractivity contribution is 6.35. The molecule has 0 saturated carbocycles. The van der Waals surface area contributed by atoms with Gasteiger partial charge in [-0.3, -0.25) is 4.79 Å². The first-order valence-corrected chi connectivity index (χ1v) is 7.52. The number of carbonyl (C=O) groups excluding carboxylic acids is 1. The Morgan fingerprint density at radius 1 is 1.08 bits per heavy atom. The Kier molecular flexibility index (Phi) is 5.74. The number of rotatable bonds is 4. The average Bonchev–Trinajstić information content (AvgIpc) is 2.50. The first-order chi connectivity index (χ1) is 11.2. The van der Waals surface area contributed by atoms with E-state index < -0.39 is 23.8 Å². The van der Waals surface area contributed by atoms with Crippen molar-refractivity contribution in [3.63, 3.8) is 0 Å². The lowest BCUT2D eigenvalue weighted by Crippen LogP contribution is -2.28. The fraction of sp³-hybridized carbons (Fsp3) is 0.188. The van der Waals surface area contributed by atoms with Gasteiger partial charge in [0.2, 0.25) is 0 Å². The van der Waals surface area contributed by atoms with Crippen LogP contribution >= 0.6 is 23.2 Å². The minimum absolute atomic E-state index is 0.172. The van der Waals surface area contributed by atoms with E-state index in [2.05, 4.69) is 5.32 Å². The van der Waals surface area contributed by atoms with Crippen LogP contribution in [-0.4, -0.2) is 17.6 Å². The van der Waals surface area contributed by atoms with Gasteiger partial charge in [0.15, 0.2) is 0 Å². The number of benzene rings is 2. The third-order valence-electron chi connectivity index (χ3n) is 3.20. The average molecular weight is 378 g/mol. The molecule has 1 unspecified atom stereocenters. The zero-order valence-corrected chi connectivity index (χ0v) is 13.6. The summed E-state index contributed by atoms with van der Waals surface area (Å²) in [7, 11) is 0. The summed E-state index contributed by atoms with van der Waals surface area (Å²) in [5, 5.41) is 13.0. The van der Waals surface area contributed by atoms with E-state index in [9.17, 15) is 23.1 Å². The molecular formula is C16H12Cl2F3NO2. The van der Waals surface area contributed by atoms with Gasteiger partial charge in [-0.15, -0.1) is 0 Å². The summed E-state index contributed by atoms with van der Waals surface area (Å²) in [5.41, 5.74) is -0.337. The summed E-state index contributed by atoms with van der Waals surface area (Å²) in [5.74, 6) is -0.509. The van der Waals surface area contributed by atoms with Crippen LogP contribution in [0.15, 0.2) is 42.5 Å². The van der Waals surface area contributed by atoms with Gasteiger partial charge in [0.1, 0.15) is 0 Å². The van der Waals surface area contributed by atoms with E-state index in [0.29, 0.717) is 0 Å². The van der Waals surface area contributed by atoms with Crippen molar-refractivity contribution in [3.8, 4) is 0 Å². The summed E-state index contributed by atoms with van der Waals surface area (Å²) in [6, 6.07) is 8.36. The Labute approximate surface area is 146 Å². The summed E-state index contributed by atoms with van der Waals surface area (Å²) < 4.78 is 37.5. The van der Waals surface area contributed by atoms with Crippen LogP contribution in [0.5, 0.6) is 0 Å². The van der Waals surface area contributed by atoms with Gasteiger partial charge in [-0.25, -0.2) is 0 Å². The molecule has 0 aromatic heterocycles. The maximum Gasteiger partial charge on any atom is 0.416 e. The second-order valence-electron chi connectivity index (χ2n) is 5.00. The highest BCUT2D eigenvalue weighted by Gasteiger charge is 2.30. The van der Waals surface area contributed by atoms with E-state index in [1.165, 1.54) is 18.2 Å². The SMILES string of the molecule is O=C(NCC(O)c1ccc(C(F)(F)F)cc1)c1cc(Cl)cc(Cl)c1. The third kappa shape index (κ3) is 4.87. The van der Waals surface area contributed by atoms with Crippen LogP contribution in [0.1, 0.15) is 27.6 Å². The topological polar surface area (TPSA) is 49.3 Å². The zero-order valence-electron chi connectivity index (χ0n) is 12.1. The van der Waals surface area contributed by atoms with Gasteiger partial charge < -0.3 is 10.4 Å². The molecule has 2 aromatic carbocycles. The molecule has 0 heterocycles. The van der Waals surface area contributed by atoms with E-state index in [0.717, 1.165) is 24.3 Å². The lowest BCUT2D eigenvalue weighted by atomic mass is 10.1. The molecule has 8 heteroatoms.